The first-order valence-electron chi connectivity index (χ1n) is 17.5. The van der Waals surface area contributed by atoms with Gasteiger partial charge in [0.1, 0.15) is 0 Å². The molecule has 1 atom stereocenters. The summed E-state index contributed by atoms with van der Waals surface area (Å²) < 4.78 is 1.42. The molecule has 1 unspecified atom stereocenters. The molecular formula is C46H56Cl2SiZr-2. The summed E-state index contributed by atoms with van der Waals surface area (Å²) in [6.45, 7) is 29.4. The third-order valence-corrected chi connectivity index (χ3v) is 12.8. The largest absolute Gasteiger partial charge is 1.00 e. The molecule has 0 spiro atoms. The molecule has 4 aromatic rings. The van der Waals surface area contributed by atoms with Gasteiger partial charge >= 0.3 is 112 Å². The van der Waals surface area contributed by atoms with Crippen LogP contribution >= 0.6 is 0 Å². The van der Waals surface area contributed by atoms with E-state index in [0.717, 1.165) is 6.42 Å². The number of hydrogen-bond donors (Lipinski definition) is 0. The van der Waals surface area contributed by atoms with Crippen LogP contribution in [0.3, 0.4) is 0 Å². The van der Waals surface area contributed by atoms with Gasteiger partial charge in [-0.3, -0.25) is 6.08 Å². The summed E-state index contributed by atoms with van der Waals surface area (Å²) in [4.78, 5) is 0. The number of benzene rings is 4. The van der Waals surface area contributed by atoms with Gasteiger partial charge in [0.2, 0.25) is 0 Å². The second-order valence-electron chi connectivity index (χ2n) is 16.8. The topological polar surface area (TPSA) is 0 Å². The van der Waals surface area contributed by atoms with Crippen molar-refractivity contribution in [1.82, 2.24) is 0 Å². The first-order valence-corrected chi connectivity index (χ1v) is 22.2. The Kier molecular flexibility index (Phi) is 15.5. The quantitative estimate of drug-likeness (QED) is 0.149. The van der Waals surface area contributed by atoms with Gasteiger partial charge in [-0.25, -0.2) is 10.8 Å². The van der Waals surface area contributed by atoms with Crippen LogP contribution in [0.1, 0.15) is 99.9 Å². The van der Waals surface area contributed by atoms with Gasteiger partial charge in [0.25, 0.3) is 0 Å². The van der Waals surface area contributed by atoms with Crippen molar-refractivity contribution >= 4 is 11.3 Å². The van der Waals surface area contributed by atoms with Crippen molar-refractivity contribution in [3.8, 4) is 11.1 Å². The van der Waals surface area contributed by atoms with Crippen LogP contribution in [0.25, 0.3) is 11.1 Å². The van der Waals surface area contributed by atoms with Crippen LogP contribution in [0.5, 0.6) is 0 Å². The van der Waals surface area contributed by atoms with Crippen LogP contribution in [0, 0.1) is 31.9 Å². The maximum Gasteiger partial charge on any atom is -1.00 e. The second kappa shape index (κ2) is 17.6. The van der Waals surface area contributed by atoms with Crippen molar-refractivity contribution in [2.45, 2.75) is 106 Å². The van der Waals surface area contributed by atoms with Crippen molar-refractivity contribution < 1.29 is 49.0 Å². The fourth-order valence-corrected chi connectivity index (χ4v) is 9.05. The normalized spacial score (nSPS) is 14.7. The first-order chi connectivity index (χ1) is 22.2. The number of allylic oxidation sites excluding steroid dienone is 4. The molecular weight excluding hydrogens is 743 g/mol. The molecule has 2 aliphatic carbocycles. The van der Waals surface area contributed by atoms with E-state index in [2.05, 4.69) is 186 Å². The molecule has 264 valence electrons. The fraction of sp³-hybridized carbons (Fsp3) is 0.370. The molecule has 50 heavy (non-hydrogen) atoms. The van der Waals surface area contributed by atoms with Gasteiger partial charge in [0.15, 0.2) is 0 Å². The third-order valence-electron chi connectivity index (χ3n) is 9.22. The zero-order valence-corrected chi connectivity index (χ0v) is 37.6. The Labute approximate surface area is 333 Å². The van der Waals surface area contributed by atoms with E-state index in [4.69, 9.17) is 0 Å². The van der Waals surface area contributed by atoms with Gasteiger partial charge in [0, 0.05) is 0 Å². The number of hydrogen-bond acceptors (Lipinski definition) is 0. The summed E-state index contributed by atoms with van der Waals surface area (Å²) in [6, 6.07) is 32.7. The van der Waals surface area contributed by atoms with E-state index >= 15 is 0 Å². The van der Waals surface area contributed by atoms with Crippen molar-refractivity contribution in [3.63, 3.8) is 0 Å². The molecule has 0 aromatic heterocycles. The van der Waals surface area contributed by atoms with Crippen LogP contribution < -0.4 is 24.8 Å². The van der Waals surface area contributed by atoms with Crippen LogP contribution in [0.2, 0.25) is 19.6 Å². The molecule has 2 aliphatic rings. The molecule has 0 saturated heterocycles. The first kappa shape index (κ1) is 44.1. The van der Waals surface area contributed by atoms with E-state index in [1.54, 1.807) is 5.20 Å². The molecule has 0 bridgehead atoms. The minimum Gasteiger partial charge on any atom is -1.00 e. The molecule has 0 fully saturated rings. The molecule has 6 rings (SSSR count). The molecule has 0 N–H and O–H groups in total. The predicted octanol–water partition coefficient (Wildman–Crippen LogP) is 6.27. The Morgan fingerprint density at radius 2 is 1.20 bits per heavy atom. The summed E-state index contributed by atoms with van der Waals surface area (Å²) in [6.07, 6.45) is 6.83. The van der Waals surface area contributed by atoms with Crippen molar-refractivity contribution in [2.75, 3.05) is 0 Å². The molecule has 4 heteroatoms. The Bertz CT molecular complexity index is 1710. The van der Waals surface area contributed by atoms with Crippen molar-refractivity contribution in [2.24, 2.45) is 5.92 Å². The maximum absolute atomic E-state index is 3.67. The number of halogens is 2. The minimum absolute atomic E-state index is 0. The molecule has 0 radical (unpaired) electrons. The van der Waals surface area contributed by atoms with E-state index in [9.17, 15) is 0 Å². The van der Waals surface area contributed by atoms with Gasteiger partial charge in [-0.1, -0.05) is 105 Å². The standard InChI is InChI=1S/C21H25.C15H14.C10H17Si.2ClH.Zr/c1-20(2,3)16-7-9-18-14(12-16)11-15-13-17(21(4,5)6)8-10-19(15)18;1-12-3-7-14(8-4-12)11-15-9-5-13(2)6-10-15;1-8-6-9(2)10(7-8)11(3,4)5;;;/h7-10,12H,11H2,1-6H3;3-10H,1-2H3;7-8H,1-5H3;2*1H;/q-1;;-1;;;+2/p-2. The van der Waals surface area contributed by atoms with Crippen LogP contribution in [0.4, 0.5) is 0 Å². The molecule has 0 saturated carbocycles. The monoisotopic (exact) mass is 796 g/mol. The summed E-state index contributed by atoms with van der Waals surface area (Å²) in [7, 11) is -1.07. The summed E-state index contributed by atoms with van der Waals surface area (Å²) in [5.41, 5.74) is 15.4. The number of aryl methyl sites for hydroxylation is 2. The smallest absolute Gasteiger partial charge is 1.00 e. The molecule has 0 amide bonds. The van der Waals surface area contributed by atoms with Gasteiger partial charge in [-0.2, -0.15) is 29.8 Å². The number of fused-ring (bicyclic) bond motifs is 3. The van der Waals surface area contributed by atoms with E-state index in [0.29, 0.717) is 5.92 Å². The number of rotatable bonds is 3. The van der Waals surface area contributed by atoms with E-state index in [-0.39, 0.29) is 35.6 Å². The van der Waals surface area contributed by atoms with Crippen molar-refractivity contribution in [3.05, 3.63) is 152 Å². The average molecular weight is 799 g/mol. The SMILES string of the molecule is CC(C)(C)c1[c-]c2c(cc1)-c1ccc(C(C)(C)C)cc1C2.CC1=[C-]C(C)C=C1[Si](C)(C)C.Cc1ccc([C](=[Zr+2])c2ccc(C)cc2)cc1.[Cl-].[Cl-]. The van der Waals surface area contributed by atoms with Gasteiger partial charge in [-0.15, -0.1) is 11.1 Å². The Hall–Kier alpha value is -2.09. The third kappa shape index (κ3) is 11.5. The van der Waals surface area contributed by atoms with Crippen LogP contribution in [-0.2, 0) is 41.5 Å². The van der Waals surface area contributed by atoms with E-state index < -0.39 is 8.07 Å². The Morgan fingerprint density at radius 3 is 1.60 bits per heavy atom. The second-order valence-corrected chi connectivity index (χ2v) is 23.1. The van der Waals surface area contributed by atoms with Crippen molar-refractivity contribution in [1.29, 1.82) is 0 Å². The molecule has 0 nitrogen and oxygen atoms in total. The van der Waals surface area contributed by atoms with E-state index in [1.807, 2.05) is 0 Å². The molecule has 0 aliphatic heterocycles. The van der Waals surface area contributed by atoms with Gasteiger partial charge in [0.05, 0.1) is 0 Å². The molecule has 4 aromatic carbocycles. The average Bonchev–Trinajstić information content (AvgIpc) is 3.55. The summed E-state index contributed by atoms with van der Waals surface area (Å²) >= 11 is 1.46. The van der Waals surface area contributed by atoms with E-state index in [1.165, 1.54) is 88.6 Å². The maximum atomic E-state index is 3.67. The van der Waals surface area contributed by atoms with Crippen LogP contribution in [0.15, 0.2) is 95.7 Å². The van der Waals surface area contributed by atoms with Crippen LogP contribution in [-0.4, -0.2) is 11.3 Å². The summed E-state index contributed by atoms with van der Waals surface area (Å²) in [5.74, 6) is 0.553. The zero-order valence-electron chi connectivity index (χ0n) is 32.6. The van der Waals surface area contributed by atoms with Gasteiger partial charge in [-0.05, 0) is 36.5 Å². The Balaban J connectivity index is 0.000000268. The fourth-order valence-electron chi connectivity index (χ4n) is 6.28. The Morgan fingerprint density at radius 1 is 0.700 bits per heavy atom. The summed E-state index contributed by atoms with van der Waals surface area (Å²) in [5, 5.41) is 1.60. The minimum atomic E-state index is -1.07. The predicted molar refractivity (Wildman–Crippen MR) is 210 cm³/mol. The van der Waals surface area contributed by atoms with Gasteiger partial charge < -0.3 is 24.8 Å². The zero-order chi connectivity index (χ0) is 35.6. The molecule has 0 heterocycles.